The summed E-state index contributed by atoms with van der Waals surface area (Å²) in [7, 11) is 0. The van der Waals surface area contributed by atoms with Crippen molar-refractivity contribution < 1.29 is 0 Å². The average Bonchev–Trinajstić information content (AvgIpc) is 2.33. The summed E-state index contributed by atoms with van der Waals surface area (Å²) in [4.78, 5) is 0. The maximum atomic E-state index is 2.33. The number of benzene rings is 2. The second-order valence-electron chi connectivity index (χ2n) is 5.26. The first kappa shape index (κ1) is 10.8. The molecule has 0 aromatic heterocycles. The highest BCUT2D eigenvalue weighted by Crippen LogP contribution is 2.42. The van der Waals surface area contributed by atoms with Gasteiger partial charge in [-0.25, -0.2) is 0 Å². The summed E-state index contributed by atoms with van der Waals surface area (Å²) in [6.45, 7) is 2.28. The molecule has 0 N–H and O–H groups in total. The Hall–Kier alpha value is -1.30. The lowest BCUT2D eigenvalue weighted by molar-refractivity contribution is 0.524. The van der Waals surface area contributed by atoms with E-state index in [1.807, 2.05) is 0 Å². The molecule has 17 heavy (non-hydrogen) atoms. The molecular weight excluding hydrogens is 204 g/mol. The first-order valence-corrected chi connectivity index (χ1v) is 6.90. The minimum absolute atomic E-state index is 0.836. The van der Waals surface area contributed by atoms with Crippen LogP contribution in [0.5, 0.6) is 0 Å². The molecule has 0 heteroatoms. The third-order valence-electron chi connectivity index (χ3n) is 4.09. The van der Waals surface area contributed by atoms with Gasteiger partial charge in [-0.15, -0.1) is 0 Å². The molecule has 1 aliphatic carbocycles. The van der Waals surface area contributed by atoms with Crippen molar-refractivity contribution in [3.8, 4) is 0 Å². The van der Waals surface area contributed by atoms with E-state index in [1.165, 1.54) is 42.9 Å². The van der Waals surface area contributed by atoms with Crippen molar-refractivity contribution in [3.05, 3.63) is 47.5 Å². The summed E-state index contributed by atoms with van der Waals surface area (Å²) in [6, 6.07) is 13.4. The van der Waals surface area contributed by atoms with Gasteiger partial charge < -0.3 is 0 Å². The number of rotatable bonds is 4. The van der Waals surface area contributed by atoms with Gasteiger partial charge in [0, 0.05) is 0 Å². The van der Waals surface area contributed by atoms with Crippen molar-refractivity contribution in [1.82, 2.24) is 0 Å². The van der Waals surface area contributed by atoms with Crippen LogP contribution in [0, 0.1) is 0 Å². The van der Waals surface area contributed by atoms with Crippen LogP contribution in [0.25, 0.3) is 10.8 Å². The SMILES string of the molecule is CCCCC[C@H]1Cc2ccc3ccccc3c21. The lowest BCUT2D eigenvalue weighted by Crippen LogP contribution is -2.17. The highest BCUT2D eigenvalue weighted by molar-refractivity contribution is 5.88. The summed E-state index contributed by atoms with van der Waals surface area (Å²) < 4.78 is 0. The van der Waals surface area contributed by atoms with Crippen molar-refractivity contribution >= 4 is 10.8 Å². The van der Waals surface area contributed by atoms with E-state index in [0.717, 1.165) is 5.92 Å². The molecule has 2 aromatic carbocycles. The molecule has 1 atom stereocenters. The third kappa shape index (κ3) is 1.86. The van der Waals surface area contributed by atoms with Crippen molar-refractivity contribution in [2.75, 3.05) is 0 Å². The second kappa shape index (κ2) is 4.52. The summed E-state index contributed by atoms with van der Waals surface area (Å²) in [5, 5.41) is 2.91. The molecule has 0 aliphatic heterocycles. The molecule has 0 spiro atoms. The lowest BCUT2D eigenvalue weighted by atomic mass is 9.72. The molecule has 1 aliphatic rings. The van der Waals surface area contributed by atoms with E-state index in [4.69, 9.17) is 0 Å². The fraction of sp³-hybridized carbons (Fsp3) is 0.412. The monoisotopic (exact) mass is 224 g/mol. The van der Waals surface area contributed by atoms with E-state index in [-0.39, 0.29) is 0 Å². The van der Waals surface area contributed by atoms with Gasteiger partial charge in [0.25, 0.3) is 0 Å². The smallest absolute Gasteiger partial charge is 0.0112 e. The van der Waals surface area contributed by atoms with Crippen LogP contribution in [0.4, 0.5) is 0 Å². The molecule has 0 radical (unpaired) electrons. The van der Waals surface area contributed by atoms with E-state index in [0.29, 0.717) is 0 Å². The van der Waals surface area contributed by atoms with Crippen LogP contribution in [0.2, 0.25) is 0 Å². The number of hydrogen-bond acceptors (Lipinski definition) is 0. The van der Waals surface area contributed by atoms with Gasteiger partial charge in [-0.2, -0.15) is 0 Å². The quantitative estimate of drug-likeness (QED) is 0.637. The molecule has 0 nitrogen and oxygen atoms in total. The van der Waals surface area contributed by atoms with Crippen LogP contribution in [0.3, 0.4) is 0 Å². The molecule has 0 heterocycles. The predicted octanol–water partition coefficient (Wildman–Crippen LogP) is 5.06. The molecular formula is C17H20. The van der Waals surface area contributed by atoms with Gasteiger partial charge in [-0.05, 0) is 40.7 Å². The Kier molecular flexibility index (Phi) is 2.88. The normalized spacial score (nSPS) is 17.8. The van der Waals surface area contributed by atoms with Crippen LogP contribution in [0.15, 0.2) is 36.4 Å². The first-order chi connectivity index (χ1) is 8.40. The van der Waals surface area contributed by atoms with Gasteiger partial charge in [0.15, 0.2) is 0 Å². The van der Waals surface area contributed by atoms with Gasteiger partial charge in [-0.1, -0.05) is 62.6 Å². The Morgan fingerprint density at radius 2 is 1.94 bits per heavy atom. The fourth-order valence-corrected chi connectivity index (χ4v) is 3.12. The summed E-state index contributed by atoms with van der Waals surface area (Å²) in [5.74, 6) is 0.836. The Morgan fingerprint density at radius 1 is 1.06 bits per heavy atom. The zero-order valence-corrected chi connectivity index (χ0v) is 10.6. The maximum absolute atomic E-state index is 2.33. The van der Waals surface area contributed by atoms with E-state index in [2.05, 4.69) is 43.3 Å². The number of hydrogen-bond donors (Lipinski definition) is 0. The fourth-order valence-electron chi connectivity index (χ4n) is 3.12. The van der Waals surface area contributed by atoms with Crippen LogP contribution in [-0.4, -0.2) is 0 Å². The highest BCUT2D eigenvalue weighted by atomic mass is 14.3. The van der Waals surface area contributed by atoms with Crippen molar-refractivity contribution in [3.63, 3.8) is 0 Å². The molecule has 3 rings (SSSR count). The molecule has 0 unspecified atom stereocenters. The molecule has 88 valence electrons. The lowest BCUT2D eigenvalue weighted by Gasteiger charge is -2.32. The molecule has 0 saturated carbocycles. The number of unbranched alkanes of at least 4 members (excludes halogenated alkanes) is 2. The Labute approximate surface area is 104 Å². The van der Waals surface area contributed by atoms with E-state index >= 15 is 0 Å². The number of fused-ring (bicyclic) bond motifs is 3. The van der Waals surface area contributed by atoms with E-state index in [9.17, 15) is 0 Å². The maximum Gasteiger partial charge on any atom is -0.0112 e. The van der Waals surface area contributed by atoms with Crippen LogP contribution >= 0.6 is 0 Å². The summed E-state index contributed by atoms with van der Waals surface area (Å²) >= 11 is 0. The van der Waals surface area contributed by atoms with Gasteiger partial charge in [0.2, 0.25) is 0 Å². The Morgan fingerprint density at radius 3 is 2.82 bits per heavy atom. The average molecular weight is 224 g/mol. The van der Waals surface area contributed by atoms with Gasteiger partial charge >= 0.3 is 0 Å². The third-order valence-corrected chi connectivity index (χ3v) is 4.09. The van der Waals surface area contributed by atoms with E-state index < -0.39 is 0 Å². The summed E-state index contributed by atoms with van der Waals surface area (Å²) in [5.41, 5.74) is 3.24. The Bertz CT molecular complexity index is 525. The summed E-state index contributed by atoms with van der Waals surface area (Å²) in [6.07, 6.45) is 6.80. The van der Waals surface area contributed by atoms with Gasteiger partial charge in [0.05, 0.1) is 0 Å². The topological polar surface area (TPSA) is 0 Å². The Balaban J connectivity index is 1.89. The molecule has 2 aromatic rings. The van der Waals surface area contributed by atoms with Crippen LogP contribution in [0.1, 0.15) is 49.7 Å². The predicted molar refractivity (Wildman–Crippen MR) is 74.5 cm³/mol. The minimum Gasteiger partial charge on any atom is -0.0654 e. The highest BCUT2D eigenvalue weighted by Gasteiger charge is 2.27. The van der Waals surface area contributed by atoms with E-state index in [1.54, 1.807) is 11.1 Å². The van der Waals surface area contributed by atoms with Crippen LogP contribution < -0.4 is 0 Å². The first-order valence-electron chi connectivity index (χ1n) is 6.90. The standard InChI is InChI=1S/C17H20/c1-2-3-4-8-14-12-15-11-10-13-7-5-6-9-16(13)17(14)15/h5-7,9-11,14H,2-4,8,12H2,1H3/t14-/m0/s1. The van der Waals surface area contributed by atoms with Crippen molar-refractivity contribution in [1.29, 1.82) is 0 Å². The van der Waals surface area contributed by atoms with Crippen molar-refractivity contribution in [2.24, 2.45) is 0 Å². The zero-order chi connectivity index (χ0) is 11.7. The molecule has 0 saturated heterocycles. The van der Waals surface area contributed by atoms with Gasteiger partial charge in [0.1, 0.15) is 0 Å². The minimum atomic E-state index is 0.836. The second-order valence-corrected chi connectivity index (χ2v) is 5.26. The molecule has 0 bridgehead atoms. The van der Waals surface area contributed by atoms with Crippen molar-refractivity contribution in [2.45, 2.75) is 44.9 Å². The zero-order valence-electron chi connectivity index (χ0n) is 10.6. The van der Waals surface area contributed by atoms with Crippen LogP contribution in [-0.2, 0) is 6.42 Å². The molecule has 0 fully saturated rings. The van der Waals surface area contributed by atoms with Gasteiger partial charge in [-0.3, -0.25) is 0 Å². The largest absolute Gasteiger partial charge is 0.0654 e. The molecule has 0 amide bonds.